The predicted molar refractivity (Wildman–Crippen MR) is 148 cm³/mol. The van der Waals surface area contributed by atoms with Gasteiger partial charge in [-0.15, -0.1) is 0 Å². The van der Waals surface area contributed by atoms with Crippen molar-refractivity contribution in [1.82, 2.24) is 10.2 Å². The second kappa shape index (κ2) is 13.1. The van der Waals surface area contributed by atoms with Crippen LogP contribution >= 0.6 is 0 Å². The van der Waals surface area contributed by atoms with Crippen LogP contribution in [0.5, 0.6) is 5.75 Å². The van der Waals surface area contributed by atoms with Crippen LogP contribution in [0.25, 0.3) is 0 Å². The summed E-state index contributed by atoms with van der Waals surface area (Å²) in [5.41, 5.74) is 1.13. The summed E-state index contributed by atoms with van der Waals surface area (Å²) >= 11 is 0. The molecule has 1 atom stereocenters. The summed E-state index contributed by atoms with van der Waals surface area (Å²) in [6.07, 6.45) is 0. The number of methoxy groups -OCH3 is 1. The van der Waals surface area contributed by atoms with Crippen LogP contribution in [0, 0.1) is 5.92 Å². The quantitative estimate of drug-likeness (QED) is 0.376. The third-order valence-electron chi connectivity index (χ3n) is 6.02. The van der Waals surface area contributed by atoms with Crippen molar-refractivity contribution in [3.63, 3.8) is 0 Å². The number of nitrogens with zero attached hydrogens (tertiary/aromatic N) is 2. The van der Waals surface area contributed by atoms with Crippen LogP contribution in [0.3, 0.4) is 0 Å². The Hall–Kier alpha value is -3.85. The normalized spacial score (nSPS) is 12.0. The lowest BCUT2D eigenvalue weighted by molar-refractivity contribution is -0.139. The maximum absolute atomic E-state index is 13.8. The van der Waals surface area contributed by atoms with Gasteiger partial charge in [-0.25, -0.2) is 8.42 Å². The Morgan fingerprint density at radius 1 is 0.868 bits per heavy atom. The van der Waals surface area contributed by atoms with Crippen LogP contribution in [-0.2, 0) is 26.2 Å². The van der Waals surface area contributed by atoms with Crippen molar-refractivity contribution in [2.45, 2.75) is 38.3 Å². The molecule has 0 aliphatic rings. The zero-order valence-corrected chi connectivity index (χ0v) is 23.0. The van der Waals surface area contributed by atoms with Crippen molar-refractivity contribution >= 4 is 27.5 Å². The van der Waals surface area contributed by atoms with E-state index in [1.807, 2.05) is 44.2 Å². The average Bonchev–Trinajstić information content (AvgIpc) is 2.93. The van der Waals surface area contributed by atoms with Gasteiger partial charge in [0.05, 0.1) is 17.7 Å². The molecule has 0 unspecified atom stereocenters. The summed E-state index contributed by atoms with van der Waals surface area (Å²) in [5, 5.41) is 2.88. The van der Waals surface area contributed by atoms with Crippen molar-refractivity contribution in [3.05, 3.63) is 90.5 Å². The molecule has 9 heteroatoms. The second-order valence-electron chi connectivity index (χ2n) is 9.34. The number of hydrogen-bond donors (Lipinski definition) is 1. The van der Waals surface area contributed by atoms with E-state index < -0.39 is 28.5 Å². The van der Waals surface area contributed by atoms with Crippen LogP contribution in [0.1, 0.15) is 26.3 Å². The van der Waals surface area contributed by atoms with Crippen LogP contribution < -0.4 is 14.4 Å². The van der Waals surface area contributed by atoms with Gasteiger partial charge in [0.1, 0.15) is 18.3 Å². The summed E-state index contributed by atoms with van der Waals surface area (Å²) in [7, 11) is -2.58. The Balaban J connectivity index is 1.98. The van der Waals surface area contributed by atoms with E-state index in [1.165, 1.54) is 24.1 Å². The van der Waals surface area contributed by atoms with Gasteiger partial charge in [-0.2, -0.15) is 0 Å². The molecule has 1 N–H and O–H groups in total. The summed E-state index contributed by atoms with van der Waals surface area (Å²) in [6, 6.07) is 22.9. The number of amides is 2. The van der Waals surface area contributed by atoms with Gasteiger partial charge in [0, 0.05) is 13.1 Å². The lowest BCUT2D eigenvalue weighted by Gasteiger charge is -2.32. The third-order valence-corrected chi connectivity index (χ3v) is 7.81. The van der Waals surface area contributed by atoms with Crippen molar-refractivity contribution in [2.24, 2.45) is 5.92 Å². The van der Waals surface area contributed by atoms with Gasteiger partial charge >= 0.3 is 0 Å². The zero-order valence-electron chi connectivity index (χ0n) is 22.2. The number of sulfonamides is 1. The molecule has 0 aliphatic carbocycles. The van der Waals surface area contributed by atoms with E-state index in [2.05, 4.69) is 5.32 Å². The molecular formula is C29H35N3O5S. The Morgan fingerprint density at radius 3 is 2.00 bits per heavy atom. The number of carbonyl (C=O) groups excluding carboxylic acids is 2. The van der Waals surface area contributed by atoms with E-state index in [1.54, 1.807) is 49.4 Å². The van der Waals surface area contributed by atoms with Gasteiger partial charge in [0.25, 0.3) is 10.0 Å². The fourth-order valence-corrected chi connectivity index (χ4v) is 5.25. The van der Waals surface area contributed by atoms with E-state index in [0.29, 0.717) is 18.0 Å². The van der Waals surface area contributed by atoms with Crippen molar-refractivity contribution in [3.8, 4) is 5.75 Å². The van der Waals surface area contributed by atoms with Gasteiger partial charge in [-0.05, 0) is 54.8 Å². The van der Waals surface area contributed by atoms with Crippen molar-refractivity contribution < 1.29 is 22.7 Å². The molecule has 3 aromatic carbocycles. The largest absolute Gasteiger partial charge is 0.497 e. The number of anilines is 1. The zero-order chi connectivity index (χ0) is 27.7. The third kappa shape index (κ3) is 7.35. The maximum Gasteiger partial charge on any atom is 0.264 e. The molecule has 8 nitrogen and oxygen atoms in total. The molecule has 38 heavy (non-hydrogen) atoms. The first-order valence-electron chi connectivity index (χ1n) is 12.5. The number of ether oxygens (including phenoxy) is 1. The molecule has 2 amide bonds. The molecule has 0 spiro atoms. The highest BCUT2D eigenvalue weighted by atomic mass is 32.2. The minimum absolute atomic E-state index is 0.0564. The molecule has 0 heterocycles. The summed E-state index contributed by atoms with van der Waals surface area (Å²) in [5.74, 6) is -0.00874. The first kappa shape index (κ1) is 28.7. The number of benzene rings is 3. The van der Waals surface area contributed by atoms with E-state index >= 15 is 0 Å². The summed E-state index contributed by atoms with van der Waals surface area (Å²) in [4.78, 5) is 28.3. The van der Waals surface area contributed by atoms with Crippen LogP contribution in [0.2, 0.25) is 0 Å². The van der Waals surface area contributed by atoms with Gasteiger partial charge in [-0.1, -0.05) is 62.4 Å². The number of rotatable bonds is 12. The first-order valence-corrected chi connectivity index (χ1v) is 13.9. The molecule has 0 aromatic heterocycles. The van der Waals surface area contributed by atoms with Gasteiger partial charge < -0.3 is 15.0 Å². The highest BCUT2D eigenvalue weighted by Crippen LogP contribution is 2.26. The fraction of sp³-hybridized carbons (Fsp3) is 0.310. The number of carbonyl (C=O) groups is 2. The topological polar surface area (TPSA) is 96.0 Å². The number of hydrogen-bond acceptors (Lipinski definition) is 5. The second-order valence-corrected chi connectivity index (χ2v) is 11.2. The van der Waals surface area contributed by atoms with Crippen molar-refractivity contribution in [2.75, 3.05) is 24.5 Å². The predicted octanol–water partition coefficient (Wildman–Crippen LogP) is 4.08. The highest BCUT2D eigenvalue weighted by molar-refractivity contribution is 7.92. The SMILES string of the molecule is COc1ccc(N(CC(=O)N(Cc2ccccc2)[C@H](C)C(=O)NCC(C)C)S(=O)(=O)c2ccccc2)cc1. The van der Waals surface area contributed by atoms with Crippen LogP contribution in [0.15, 0.2) is 89.8 Å². The van der Waals surface area contributed by atoms with Crippen molar-refractivity contribution in [1.29, 1.82) is 0 Å². The molecule has 202 valence electrons. The Morgan fingerprint density at radius 2 is 1.45 bits per heavy atom. The Kier molecular flexibility index (Phi) is 9.90. The van der Waals surface area contributed by atoms with E-state index in [0.717, 1.165) is 9.87 Å². The van der Waals surface area contributed by atoms with Crippen LogP contribution in [0.4, 0.5) is 5.69 Å². The molecule has 3 rings (SSSR count). The summed E-state index contributed by atoms with van der Waals surface area (Å²) in [6.45, 7) is 5.75. The van der Waals surface area contributed by atoms with E-state index in [-0.39, 0.29) is 23.3 Å². The van der Waals surface area contributed by atoms with E-state index in [9.17, 15) is 18.0 Å². The van der Waals surface area contributed by atoms with Crippen LogP contribution in [-0.4, -0.2) is 51.4 Å². The number of nitrogens with one attached hydrogen (secondary N) is 1. The Labute approximate surface area is 225 Å². The average molecular weight is 538 g/mol. The molecule has 0 aliphatic heterocycles. The first-order chi connectivity index (χ1) is 18.1. The molecule has 0 radical (unpaired) electrons. The fourth-order valence-electron chi connectivity index (χ4n) is 3.81. The monoisotopic (exact) mass is 537 g/mol. The summed E-state index contributed by atoms with van der Waals surface area (Å²) < 4.78 is 33.7. The maximum atomic E-state index is 13.8. The standard InChI is InChI=1S/C29H35N3O5S/c1-22(2)19-30-29(34)23(3)31(20-24-11-7-5-8-12-24)28(33)21-32(25-15-17-26(37-4)18-16-25)38(35,36)27-13-9-6-10-14-27/h5-18,22-23H,19-21H2,1-4H3,(H,30,34)/t23-/m1/s1. The van der Waals surface area contributed by atoms with Gasteiger partial charge in [0.2, 0.25) is 11.8 Å². The molecule has 0 bridgehead atoms. The molecule has 0 fully saturated rings. The molecular weight excluding hydrogens is 502 g/mol. The minimum atomic E-state index is -4.10. The van der Waals surface area contributed by atoms with Gasteiger partial charge in [-0.3, -0.25) is 13.9 Å². The Bertz CT molecular complexity index is 1300. The minimum Gasteiger partial charge on any atom is -0.497 e. The van der Waals surface area contributed by atoms with Gasteiger partial charge in [0.15, 0.2) is 0 Å². The molecule has 0 saturated carbocycles. The van der Waals surface area contributed by atoms with E-state index in [4.69, 9.17) is 4.74 Å². The molecule has 0 saturated heterocycles. The highest BCUT2D eigenvalue weighted by Gasteiger charge is 2.32. The lowest BCUT2D eigenvalue weighted by Crippen LogP contribution is -2.51. The lowest BCUT2D eigenvalue weighted by atomic mass is 10.1. The smallest absolute Gasteiger partial charge is 0.264 e. The molecule has 3 aromatic rings.